The van der Waals surface area contributed by atoms with E-state index >= 15 is 0 Å². The molecule has 1 aromatic rings. The summed E-state index contributed by atoms with van der Waals surface area (Å²) in [5.41, 5.74) is 1.01. The first kappa shape index (κ1) is 18.8. The number of carbonyl (C=O) groups is 2. The highest BCUT2D eigenvalue weighted by Crippen LogP contribution is 2.25. The van der Waals surface area contributed by atoms with Crippen molar-refractivity contribution in [2.75, 3.05) is 44.2 Å². The predicted molar refractivity (Wildman–Crippen MR) is 94.6 cm³/mol. The van der Waals surface area contributed by atoms with Crippen molar-refractivity contribution in [1.82, 2.24) is 15.5 Å². The molecule has 142 valence electrons. The summed E-state index contributed by atoms with van der Waals surface area (Å²) < 4.78 is 26.2. The Bertz CT molecular complexity index is 680. The van der Waals surface area contributed by atoms with E-state index in [-0.39, 0.29) is 12.5 Å². The van der Waals surface area contributed by atoms with Crippen molar-refractivity contribution in [2.24, 2.45) is 0 Å². The third-order valence-electron chi connectivity index (χ3n) is 4.65. The van der Waals surface area contributed by atoms with Crippen LogP contribution in [-0.4, -0.2) is 67.9 Å². The van der Waals surface area contributed by atoms with E-state index in [1.54, 1.807) is 4.90 Å². The lowest BCUT2D eigenvalue weighted by Crippen LogP contribution is -2.52. The van der Waals surface area contributed by atoms with Crippen molar-refractivity contribution >= 4 is 29.1 Å². The smallest absolute Gasteiger partial charge is 0.262 e. The molecule has 1 unspecified atom stereocenters. The Morgan fingerprint density at radius 1 is 1.27 bits per heavy atom. The second-order valence-corrected chi connectivity index (χ2v) is 7.00. The maximum atomic E-state index is 13.1. The SMILES string of the molecule is O=C(NCC(=O)N1CCN(c2cccc(Cl)c2)CC1)C1CC(F)(F)CN1. The minimum Gasteiger partial charge on any atom is -0.368 e. The number of hydrogen-bond donors (Lipinski definition) is 2. The number of hydrogen-bond acceptors (Lipinski definition) is 4. The topological polar surface area (TPSA) is 64.7 Å². The summed E-state index contributed by atoms with van der Waals surface area (Å²) in [5, 5.41) is 5.59. The van der Waals surface area contributed by atoms with E-state index < -0.39 is 30.8 Å². The number of amides is 2. The van der Waals surface area contributed by atoms with Gasteiger partial charge in [0.15, 0.2) is 0 Å². The Kier molecular flexibility index (Phi) is 5.62. The van der Waals surface area contributed by atoms with E-state index in [9.17, 15) is 18.4 Å². The second-order valence-electron chi connectivity index (χ2n) is 6.56. The van der Waals surface area contributed by atoms with E-state index in [1.165, 1.54) is 0 Å². The fourth-order valence-corrected chi connectivity index (χ4v) is 3.37. The normalized spacial score (nSPS) is 22.3. The molecule has 0 bridgehead atoms. The van der Waals surface area contributed by atoms with Gasteiger partial charge < -0.3 is 15.1 Å². The number of anilines is 1. The molecule has 9 heteroatoms. The zero-order chi connectivity index (χ0) is 18.7. The molecule has 26 heavy (non-hydrogen) atoms. The molecule has 0 saturated carbocycles. The number of carbonyl (C=O) groups excluding carboxylic acids is 2. The third kappa shape index (κ3) is 4.62. The number of benzene rings is 1. The molecule has 6 nitrogen and oxygen atoms in total. The van der Waals surface area contributed by atoms with Gasteiger partial charge in [0.05, 0.1) is 19.1 Å². The van der Waals surface area contributed by atoms with Crippen molar-refractivity contribution < 1.29 is 18.4 Å². The van der Waals surface area contributed by atoms with E-state index in [0.717, 1.165) is 5.69 Å². The van der Waals surface area contributed by atoms with Gasteiger partial charge in [-0.15, -0.1) is 0 Å². The summed E-state index contributed by atoms with van der Waals surface area (Å²) in [6.07, 6.45) is -0.536. The van der Waals surface area contributed by atoms with Gasteiger partial charge in [0, 0.05) is 43.3 Å². The van der Waals surface area contributed by atoms with E-state index in [4.69, 9.17) is 11.6 Å². The summed E-state index contributed by atoms with van der Waals surface area (Å²) in [6.45, 7) is 1.69. The molecule has 0 aromatic heterocycles. The first-order valence-electron chi connectivity index (χ1n) is 8.51. The van der Waals surface area contributed by atoms with Gasteiger partial charge in [-0.3, -0.25) is 14.9 Å². The zero-order valence-corrected chi connectivity index (χ0v) is 14.9. The molecular weight excluding hydrogens is 366 g/mol. The van der Waals surface area contributed by atoms with Gasteiger partial charge in [0.25, 0.3) is 5.92 Å². The van der Waals surface area contributed by atoms with Crippen LogP contribution in [0.5, 0.6) is 0 Å². The molecule has 0 aliphatic carbocycles. The lowest BCUT2D eigenvalue weighted by Gasteiger charge is -2.36. The minimum absolute atomic E-state index is 0.181. The number of nitrogens with one attached hydrogen (secondary N) is 2. The van der Waals surface area contributed by atoms with Gasteiger partial charge in [-0.05, 0) is 18.2 Å². The summed E-state index contributed by atoms with van der Waals surface area (Å²) in [6, 6.07) is 6.59. The maximum Gasteiger partial charge on any atom is 0.262 e. The fourth-order valence-electron chi connectivity index (χ4n) is 3.19. The lowest BCUT2D eigenvalue weighted by atomic mass is 10.2. The first-order valence-corrected chi connectivity index (χ1v) is 8.89. The quantitative estimate of drug-likeness (QED) is 0.813. The minimum atomic E-state index is -2.87. The standard InChI is InChI=1S/C17H21ClF2N4O2/c18-12-2-1-3-13(8-12)23-4-6-24(7-5-23)15(25)10-21-16(26)14-9-17(19,20)11-22-14/h1-3,8,14,22H,4-7,9-11H2,(H,21,26). The molecule has 1 aromatic carbocycles. The van der Waals surface area contributed by atoms with Gasteiger partial charge in [-0.25, -0.2) is 8.78 Å². The summed E-state index contributed by atoms with van der Waals surface area (Å²) >= 11 is 6.00. The number of rotatable bonds is 4. The molecule has 3 rings (SSSR count). The maximum absolute atomic E-state index is 13.1. The van der Waals surface area contributed by atoms with Gasteiger partial charge in [-0.2, -0.15) is 0 Å². The molecule has 2 aliphatic heterocycles. The first-order chi connectivity index (χ1) is 12.3. The van der Waals surface area contributed by atoms with E-state index in [1.807, 2.05) is 24.3 Å². The van der Waals surface area contributed by atoms with Crippen LogP contribution >= 0.6 is 11.6 Å². The van der Waals surface area contributed by atoms with Crippen LogP contribution in [0.15, 0.2) is 24.3 Å². The van der Waals surface area contributed by atoms with Gasteiger partial charge in [0.1, 0.15) is 0 Å². The van der Waals surface area contributed by atoms with Crippen LogP contribution in [0.4, 0.5) is 14.5 Å². The summed E-state index contributed by atoms with van der Waals surface area (Å²) in [7, 11) is 0. The Morgan fingerprint density at radius 2 is 2.00 bits per heavy atom. The predicted octanol–water partition coefficient (Wildman–Crippen LogP) is 1.10. The average Bonchev–Trinajstić information content (AvgIpc) is 2.99. The largest absolute Gasteiger partial charge is 0.368 e. The molecule has 2 saturated heterocycles. The molecule has 2 heterocycles. The van der Waals surface area contributed by atoms with Crippen molar-refractivity contribution in [3.63, 3.8) is 0 Å². The Hall–Kier alpha value is -1.93. The lowest BCUT2D eigenvalue weighted by molar-refractivity contribution is -0.133. The van der Waals surface area contributed by atoms with E-state index in [2.05, 4.69) is 15.5 Å². The average molecular weight is 387 g/mol. The van der Waals surface area contributed by atoms with Crippen molar-refractivity contribution in [3.8, 4) is 0 Å². The molecule has 0 radical (unpaired) electrons. The van der Waals surface area contributed by atoms with Crippen LogP contribution in [0.1, 0.15) is 6.42 Å². The Balaban J connectivity index is 1.43. The second kappa shape index (κ2) is 7.75. The van der Waals surface area contributed by atoms with Crippen LogP contribution in [0, 0.1) is 0 Å². The van der Waals surface area contributed by atoms with E-state index in [0.29, 0.717) is 31.2 Å². The fraction of sp³-hybridized carbons (Fsp3) is 0.529. The molecule has 2 N–H and O–H groups in total. The zero-order valence-electron chi connectivity index (χ0n) is 14.2. The number of nitrogens with zero attached hydrogens (tertiary/aromatic N) is 2. The Labute approximate surface area is 155 Å². The van der Waals surface area contributed by atoms with Crippen LogP contribution in [0.3, 0.4) is 0 Å². The molecule has 1 atom stereocenters. The van der Waals surface area contributed by atoms with Crippen molar-refractivity contribution in [3.05, 3.63) is 29.3 Å². The number of halogens is 3. The Morgan fingerprint density at radius 3 is 2.62 bits per heavy atom. The van der Waals surface area contributed by atoms with Gasteiger partial charge in [0.2, 0.25) is 11.8 Å². The highest BCUT2D eigenvalue weighted by molar-refractivity contribution is 6.30. The summed E-state index contributed by atoms with van der Waals surface area (Å²) in [4.78, 5) is 27.9. The number of alkyl halides is 2. The monoisotopic (exact) mass is 386 g/mol. The van der Waals surface area contributed by atoms with Crippen LogP contribution < -0.4 is 15.5 Å². The number of piperazine rings is 1. The highest BCUT2D eigenvalue weighted by Gasteiger charge is 2.42. The van der Waals surface area contributed by atoms with Gasteiger partial charge in [-0.1, -0.05) is 17.7 Å². The van der Waals surface area contributed by atoms with Crippen LogP contribution in [0.2, 0.25) is 5.02 Å². The molecule has 0 spiro atoms. The molecule has 2 fully saturated rings. The van der Waals surface area contributed by atoms with Crippen LogP contribution in [-0.2, 0) is 9.59 Å². The van der Waals surface area contributed by atoms with Crippen LogP contribution in [0.25, 0.3) is 0 Å². The summed E-state index contributed by atoms with van der Waals surface area (Å²) in [5.74, 6) is -3.65. The molecule has 2 amide bonds. The third-order valence-corrected chi connectivity index (χ3v) is 4.88. The highest BCUT2D eigenvalue weighted by atomic mass is 35.5. The van der Waals surface area contributed by atoms with Crippen molar-refractivity contribution in [2.45, 2.75) is 18.4 Å². The molecule has 2 aliphatic rings. The molecular formula is C17H21ClF2N4O2. The van der Waals surface area contributed by atoms with Gasteiger partial charge >= 0.3 is 0 Å². The van der Waals surface area contributed by atoms with Crippen molar-refractivity contribution in [1.29, 1.82) is 0 Å².